The Hall–Kier alpha value is -3.14. The molecule has 2 aromatic heterocycles. The van der Waals surface area contributed by atoms with Crippen LogP contribution in [0.2, 0.25) is 0 Å². The number of hydrogen-bond acceptors (Lipinski definition) is 7. The molecule has 10 heteroatoms. The number of likely N-dealkylation sites (tertiary alicyclic amines) is 2. The Balaban J connectivity index is 1.26. The van der Waals surface area contributed by atoms with Crippen LogP contribution in [0.4, 0.5) is 10.6 Å². The van der Waals surface area contributed by atoms with E-state index in [1.807, 2.05) is 53.7 Å². The Morgan fingerprint density at radius 3 is 2.68 bits per heavy atom. The quantitative estimate of drug-likeness (QED) is 0.544. The highest BCUT2D eigenvalue weighted by atomic mass is 16.6. The number of aromatic nitrogens is 3. The van der Waals surface area contributed by atoms with Gasteiger partial charge in [-0.3, -0.25) is 4.79 Å². The summed E-state index contributed by atoms with van der Waals surface area (Å²) in [5, 5.41) is 8.19. The van der Waals surface area contributed by atoms with Gasteiger partial charge in [0.25, 0.3) is 0 Å². The fourth-order valence-electron chi connectivity index (χ4n) is 5.04. The summed E-state index contributed by atoms with van der Waals surface area (Å²) in [6.45, 7) is 9.22. The molecule has 4 heterocycles. The van der Waals surface area contributed by atoms with E-state index in [9.17, 15) is 9.59 Å². The molecule has 4 rings (SSSR count). The number of anilines is 1. The van der Waals surface area contributed by atoms with Gasteiger partial charge in [-0.2, -0.15) is 9.61 Å². The van der Waals surface area contributed by atoms with Crippen molar-refractivity contribution in [3.63, 3.8) is 0 Å². The molecule has 0 spiro atoms. The number of fused-ring (bicyclic) bond motifs is 1. The first kappa shape index (κ1) is 26.9. The molecule has 2 amide bonds. The number of rotatable bonds is 8. The third-order valence-electron chi connectivity index (χ3n) is 7.14. The van der Waals surface area contributed by atoms with Crippen molar-refractivity contribution in [1.29, 1.82) is 0 Å². The van der Waals surface area contributed by atoms with Crippen LogP contribution in [0.3, 0.4) is 0 Å². The Morgan fingerprint density at radius 1 is 1.22 bits per heavy atom. The first-order chi connectivity index (χ1) is 17.7. The molecule has 1 N–H and O–H groups in total. The lowest BCUT2D eigenvalue weighted by Crippen LogP contribution is -2.44. The van der Waals surface area contributed by atoms with E-state index < -0.39 is 0 Å². The summed E-state index contributed by atoms with van der Waals surface area (Å²) in [5.74, 6) is 1.27. The molecule has 2 aromatic rings. The SMILES string of the molecule is Cc1cc(NC2CCN(C(=O)OCC3CCCN3C(=O)/C=C/CN(C)C)CC2)n2ncc(C(C)C)c2n1. The van der Waals surface area contributed by atoms with E-state index >= 15 is 0 Å². The summed E-state index contributed by atoms with van der Waals surface area (Å²) < 4.78 is 7.54. The van der Waals surface area contributed by atoms with Crippen LogP contribution in [0.1, 0.15) is 56.7 Å². The van der Waals surface area contributed by atoms with Gasteiger partial charge >= 0.3 is 6.09 Å². The molecule has 0 bridgehead atoms. The second kappa shape index (κ2) is 11.9. The normalized spacial score (nSPS) is 19.1. The lowest BCUT2D eigenvalue weighted by Gasteiger charge is -2.33. The van der Waals surface area contributed by atoms with Crippen molar-refractivity contribution in [1.82, 2.24) is 29.3 Å². The van der Waals surface area contributed by atoms with Gasteiger partial charge in [0.15, 0.2) is 5.65 Å². The van der Waals surface area contributed by atoms with Gasteiger partial charge in [-0.25, -0.2) is 9.78 Å². The van der Waals surface area contributed by atoms with Crippen LogP contribution in [0, 0.1) is 6.92 Å². The van der Waals surface area contributed by atoms with Gasteiger partial charge in [-0.1, -0.05) is 19.9 Å². The highest BCUT2D eigenvalue weighted by Crippen LogP contribution is 2.24. The lowest BCUT2D eigenvalue weighted by molar-refractivity contribution is -0.127. The van der Waals surface area contributed by atoms with Crippen LogP contribution in [0.15, 0.2) is 24.4 Å². The Labute approximate surface area is 219 Å². The van der Waals surface area contributed by atoms with Crippen LogP contribution >= 0.6 is 0 Å². The minimum Gasteiger partial charge on any atom is -0.447 e. The molecule has 0 aromatic carbocycles. The summed E-state index contributed by atoms with van der Waals surface area (Å²) >= 11 is 0. The van der Waals surface area contributed by atoms with Gasteiger partial charge in [-0.05, 0) is 52.6 Å². The monoisotopic (exact) mass is 511 g/mol. The molecule has 1 unspecified atom stereocenters. The largest absolute Gasteiger partial charge is 0.447 e. The van der Waals surface area contributed by atoms with Gasteiger partial charge in [0, 0.05) is 55.6 Å². The van der Waals surface area contributed by atoms with Crippen molar-refractivity contribution in [3.8, 4) is 0 Å². The zero-order valence-electron chi connectivity index (χ0n) is 22.8. The van der Waals surface area contributed by atoms with Crippen LogP contribution in [-0.4, -0.2) is 100 Å². The average Bonchev–Trinajstić information content (AvgIpc) is 3.50. The number of nitrogens with one attached hydrogen (secondary N) is 1. The molecule has 0 aliphatic carbocycles. The second-order valence-electron chi connectivity index (χ2n) is 10.7. The Kier molecular flexibility index (Phi) is 8.68. The van der Waals surface area contributed by atoms with E-state index in [0.717, 1.165) is 55.0 Å². The van der Waals surface area contributed by atoms with E-state index in [0.29, 0.717) is 25.6 Å². The van der Waals surface area contributed by atoms with E-state index in [4.69, 9.17) is 9.72 Å². The van der Waals surface area contributed by atoms with Crippen molar-refractivity contribution in [2.45, 2.75) is 64.5 Å². The number of ether oxygens (including phenoxy) is 1. The molecule has 2 saturated heterocycles. The standard InChI is InChI=1S/C27H41N7O3/c1-19(2)23-17-28-34-24(16-20(3)29-26(23)34)30-21-10-14-32(15-11-21)27(36)37-18-22-8-6-13-33(22)25(35)9-7-12-31(4)5/h7,9,16-17,19,21-22,30H,6,8,10-15,18H2,1-5H3/b9-7+. The third-order valence-corrected chi connectivity index (χ3v) is 7.14. The summed E-state index contributed by atoms with van der Waals surface area (Å²) in [4.78, 5) is 35.6. The maximum absolute atomic E-state index is 12.8. The number of piperidine rings is 1. The molecular weight excluding hydrogens is 470 g/mol. The van der Waals surface area contributed by atoms with E-state index in [2.05, 4.69) is 24.3 Å². The maximum Gasteiger partial charge on any atom is 0.409 e. The van der Waals surface area contributed by atoms with Crippen molar-refractivity contribution < 1.29 is 14.3 Å². The van der Waals surface area contributed by atoms with Crippen LogP contribution in [-0.2, 0) is 9.53 Å². The van der Waals surface area contributed by atoms with Crippen molar-refractivity contribution in [3.05, 3.63) is 35.7 Å². The molecule has 1 atom stereocenters. The lowest BCUT2D eigenvalue weighted by atomic mass is 10.1. The first-order valence-corrected chi connectivity index (χ1v) is 13.4. The number of nitrogens with zero attached hydrogens (tertiary/aromatic N) is 6. The average molecular weight is 512 g/mol. The van der Waals surface area contributed by atoms with Crippen LogP contribution < -0.4 is 5.32 Å². The Morgan fingerprint density at radius 2 is 1.97 bits per heavy atom. The highest BCUT2D eigenvalue weighted by Gasteiger charge is 2.30. The number of carbonyl (C=O) groups is 2. The van der Waals surface area contributed by atoms with E-state index in [-0.39, 0.29) is 30.7 Å². The zero-order chi connectivity index (χ0) is 26.5. The fraction of sp³-hybridized carbons (Fsp3) is 0.630. The smallest absolute Gasteiger partial charge is 0.409 e. The van der Waals surface area contributed by atoms with Gasteiger partial charge in [0.2, 0.25) is 5.91 Å². The molecule has 2 fully saturated rings. The maximum atomic E-state index is 12.8. The predicted molar refractivity (Wildman–Crippen MR) is 144 cm³/mol. The summed E-state index contributed by atoms with van der Waals surface area (Å²) in [7, 11) is 3.93. The summed E-state index contributed by atoms with van der Waals surface area (Å²) in [6.07, 6.45) is 8.54. The molecular formula is C27H41N7O3. The fourth-order valence-corrected chi connectivity index (χ4v) is 5.04. The third kappa shape index (κ3) is 6.60. The van der Waals surface area contributed by atoms with Gasteiger partial charge < -0.3 is 24.8 Å². The second-order valence-corrected chi connectivity index (χ2v) is 10.7. The van der Waals surface area contributed by atoms with Crippen molar-refractivity contribution in [2.24, 2.45) is 0 Å². The number of aryl methyl sites for hydroxylation is 1. The zero-order valence-corrected chi connectivity index (χ0v) is 22.8. The van der Waals surface area contributed by atoms with E-state index in [1.54, 1.807) is 11.0 Å². The number of likely N-dealkylation sites (N-methyl/N-ethyl adjacent to an activating group) is 1. The van der Waals surface area contributed by atoms with Gasteiger partial charge in [0.05, 0.1) is 12.2 Å². The molecule has 2 aliphatic heterocycles. The molecule has 10 nitrogen and oxygen atoms in total. The van der Waals surface area contributed by atoms with Crippen molar-refractivity contribution >= 4 is 23.5 Å². The van der Waals surface area contributed by atoms with Crippen LogP contribution in [0.5, 0.6) is 0 Å². The van der Waals surface area contributed by atoms with Crippen LogP contribution in [0.25, 0.3) is 5.65 Å². The summed E-state index contributed by atoms with van der Waals surface area (Å²) in [6, 6.07) is 2.20. The van der Waals surface area contributed by atoms with E-state index in [1.165, 1.54) is 0 Å². The minimum atomic E-state index is -0.295. The van der Waals surface area contributed by atoms with Gasteiger partial charge in [-0.15, -0.1) is 0 Å². The molecule has 0 radical (unpaired) electrons. The molecule has 0 saturated carbocycles. The highest BCUT2D eigenvalue weighted by molar-refractivity contribution is 5.88. The number of amides is 2. The molecule has 37 heavy (non-hydrogen) atoms. The molecule has 2 aliphatic rings. The number of hydrogen-bond donors (Lipinski definition) is 1. The first-order valence-electron chi connectivity index (χ1n) is 13.4. The summed E-state index contributed by atoms with van der Waals surface area (Å²) in [5.41, 5.74) is 2.98. The Bertz CT molecular complexity index is 1120. The topological polar surface area (TPSA) is 95.3 Å². The number of carbonyl (C=O) groups excluding carboxylic acids is 2. The predicted octanol–water partition coefficient (Wildman–Crippen LogP) is 3.28. The van der Waals surface area contributed by atoms with Crippen molar-refractivity contribution in [2.75, 3.05) is 52.2 Å². The molecule has 202 valence electrons. The minimum absolute atomic E-state index is 0.00885. The van der Waals surface area contributed by atoms with Gasteiger partial charge in [0.1, 0.15) is 12.4 Å².